The molecule has 1 amide bonds. The summed E-state index contributed by atoms with van der Waals surface area (Å²) in [5, 5.41) is 0. The van der Waals surface area contributed by atoms with Crippen molar-refractivity contribution in [1.29, 1.82) is 0 Å². The topological polar surface area (TPSA) is 29.5 Å². The number of rotatable bonds is 2. The lowest BCUT2D eigenvalue weighted by Gasteiger charge is -2.34. The Hall–Kier alpha value is -1.01. The van der Waals surface area contributed by atoms with E-state index in [1.165, 1.54) is 0 Å². The molecule has 0 aromatic heterocycles. The predicted molar refractivity (Wildman–Crippen MR) is 52.5 cm³/mol. The van der Waals surface area contributed by atoms with E-state index in [2.05, 4.69) is 5.92 Å². The van der Waals surface area contributed by atoms with Gasteiger partial charge in [0.25, 0.3) is 0 Å². The van der Waals surface area contributed by atoms with Crippen LogP contribution in [0.3, 0.4) is 0 Å². The van der Waals surface area contributed by atoms with Gasteiger partial charge in [0.2, 0.25) is 5.91 Å². The molecular formula is C11H15NO2. The lowest BCUT2D eigenvalue weighted by atomic mass is 10.2. The highest BCUT2D eigenvalue weighted by molar-refractivity contribution is 5.77. The molecule has 2 bridgehead atoms. The number of nitrogens with zero attached hydrogens (tertiary/aromatic N) is 1. The van der Waals surface area contributed by atoms with E-state index < -0.39 is 0 Å². The van der Waals surface area contributed by atoms with Crippen molar-refractivity contribution in [3.05, 3.63) is 0 Å². The SMILES string of the molecule is C#CCCC(=O)N1C2CCC1COC2. The van der Waals surface area contributed by atoms with Gasteiger partial charge in [0.15, 0.2) is 0 Å². The molecule has 3 heteroatoms. The van der Waals surface area contributed by atoms with Crippen LogP contribution in [0, 0.1) is 12.3 Å². The molecule has 0 N–H and O–H groups in total. The second-order valence-electron chi connectivity index (χ2n) is 3.93. The molecule has 0 radical (unpaired) electrons. The predicted octanol–water partition coefficient (Wildman–Crippen LogP) is 0.790. The van der Waals surface area contributed by atoms with Crippen molar-refractivity contribution in [1.82, 2.24) is 4.90 Å². The number of morpholine rings is 1. The smallest absolute Gasteiger partial charge is 0.224 e. The van der Waals surface area contributed by atoms with Gasteiger partial charge in [0.05, 0.1) is 25.3 Å². The molecule has 2 aliphatic heterocycles. The summed E-state index contributed by atoms with van der Waals surface area (Å²) < 4.78 is 5.41. The number of ether oxygens (including phenoxy) is 1. The van der Waals surface area contributed by atoms with Crippen molar-refractivity contribution >= 4 is 5.91 Å². The fraction of sp³-hybridized carbons (Fsp3) is 0.727. The summed E-state index contributed by atoms with van der Waals surface area (Å²) in [6.45, 7) is 1.41. The van der Waals surface area contributed by atoms with Crippen molar-refractivity contribution < 1.29 is 9.53 Å². The second-order valence-corrected chi connectivity index (χ2v) is 3.93. The molecule has 0 spiro atoms. The summed E-state index contributed by atoms with van der Waals surface area (Å²) in [6.07, 6.45) is 8.37. The van der Waals surface area contributed by atoms with Crippen LogP contribution in [0.4, 0.5) is 0 Å². The first-order valence-electron chi connectivity index (χ1n) is 5.15. The number of fused-ring (bicyclic) bond motifs is 2. The van der Waals surface area contributed by atoms with Crippen LogP contribution in [-0.4, -0.2) is 36.1 Å². The molecule has 2 rings (SSSR count). The zero-order valence-corrected chi connectivity index (χ0v) is 8.24. The maximum Gasteiger partial charge on any atom is 0.224 e. The zero-order valence-electron chi connectivity index (χ0n) is 8.24. The Bertz CT molecular complexity index is 253. The largest absolute Gasteiger partial charge is 0.377 e. The van der Waals surface area contributed by atoms with Gasteiger partial charge in [0.1, 0.15) is 0 Å². The summed E-state index contributed by atoms with van der Waals surface area (Å²) in [4.78, 5) is 13.8. The Labute approximate surface area is 84.4 Å². The van der Waals surface area contributed by atoms with E-state index in [4.69, 9.17) is 11.2 Å². The lowest BCUT2D eigenvalue weighted by molar-refractivity contribution is -0.140. The van der Waals surface area contributed by atoms with E-state index in [1.54, 1.807) is 0 Å². The fourth-order valence-electron chi connectivity index (χ4n) is 2.34. The van der Waals surface area contributed by atoms with Crippen molar-refractivity contribution in [3.63, 3.8) is 0 Å². The molecule has 2 fully saturated rings. The van der Waals surface area contributed by atoms with Gasteiger partial charge in [-0.15, -0.1) is 12.3 Å². The van der Waals surface area contributed by atoms with Gasteiger partial charge in [-0.2, -0.15) is 0 Å². The summed E-state index contributed by atoms with van der Waals surface area (Å²) in [5.41, 5.74) is 0. The van der Waals surface area contributed by atoms with Crippen LogP contribution >= 0.6 is 0 Å². The molecule has 14 heavy (non-hydrogen) atoms. The molecule has 0 aliphatic carbocycles. The van der Waals surface area contributed by atoms with Gasteiger partial charge in [-0.05, 0) is 12.8 Å². The summed E-state index contributed by atoms with van der Waals surface area (Å²) in [7, 11) is 0. The van der Waals surface area contributed by atoms with Gasteiger partial charge < -0.3 is 9.64 Å². The first-order valence-corrected chi connectivity index (χ1v) is 5.15. The third kappa shape index (κ3) is 1.62. The van der Waals surface area contributed by atoms with Gasteiger partial charge in [-0.3, -0.25) is 4.79 Å². The van der Waals surface area contributed by atoms with Crippen LogP contribution < -0.4 is 0 Å². The van der Waals surface area contributed by atoms with E-state index in [-0.39, 0.29) is 5.91 Å². The van der Waals surface area contributed by atoms with Crippen LogP contribution in [0.15, 0.2) is 0 Å². The quantitative estimate of drug-likeness (QED) is 0.607. The molecule has 0 aromatic rings. The van der Waals surface area contributed by atoms with Crippen LogP contribution in [0.5, 0.6) is 0 Å². The van der Waals surface area contributed by atoms with E-state index in [0.717, 1.165) is 12.8 Å². The Morgan fingerprint density at radius 1 is 1.43 bits per heavy atom. The van der Waals surface area contributed by atoms with E-state index in [1.807, 2.05) is 4.90 Å². The monoisotopic (exact) mass is 193 g/mol. The molecule has 0 saturated carbocycles. The summed E-state index contributed by atoms with van der Waals surface area (Å²) >= 11 is 0. The molecule has 3 nitrogen and oxygen atoms in total. The Morgan fingerprint density at radius 3 is 2.64 bits per heavy atom. The number of terminal acetylenes is 1. The van der Waals surface area contributed by atoms with Crippen molar-refractivity contribution in [2.75, 3.05) is 13.2 Å². The number of hydrogen-bond donors (Lipinski definition) is 0. The minimum Gasteiger partial charge on any atom is -0.377 e. The molecule has 2 heterocycles. The minimum atomic E-state index is 0.207. The summed E-state index contributed by atoms with van der Waals surface area (Å²) in [6, 6.07) is 0.637. The molecule has 0 aromatic carbocycles. The molecule has 2 aliphatic rings. The highest BCUT2D eigenvalue weighted by Gasteiger charge is 2.39. The highest BCUT2D eigenvalue weighted by Crippen LogP contribution is 2.29. The maximum absolute atomic E-state index is 11.8. The molecular weight excluding hydrogens is 178 g/mol. The number of carbonyl (C=O) groups excluding carboxylic acids is 1. The third-order valence-electron chi connectivity index (χ3n) is 3.01. The molecule has 2 atom stereocenters. The standard InChI is InChI=1S/C11H15NO2/c1-2-3-4-11(13)12-9-5-6-10(12)8-14-7-9/h1,9-10H,3-8H2. The van der Waals surface area contributed by atoms with Gasteiger partial charge in [0, 0.05) is 12.8 Å². The number of carbonyl (C=O) groups is 1. The molecule has 2 unspecified atom stereocenters. The first kappa shape index (κ1) is 9.54. The maximum atomic E-state index is 11.8. The van der Waals surface area contributed by atoms with Crippen LogP contribution in [0.25, 0.3) is 0 Å². The third-order valence-corrected chi connectivity index (χ3v) is 3.01. The van der Waals surface area contributed by atoms with Gasteiger partial charge in [-0.1, -0.05) is 0 Å². The van der Waals surface area contributed by atoms with Gasteiger partial charge in [-0.25, -0.2) is 0 Å². The van der Waals surface area contributed by atoms with Crippen molar-refractivity contribution in [2.45, 2.75) is 37.8 Å². The van der Waals surface area contributed by atoms with E-state index >= 15 is 0 Å². The van der Waals surface area contributed by atoms with E-state index in [0.29, 0.717) is 38.1 Å². The second kappa shape index (κ2) is 4.02. The average Bonchev–Trinajstić information content (AvgIpc) is 2.45. The van der Waals surface area contributed by atoms with E-state index in [9.17, 15) is 4.79 Å². The van der Waals surface area contributed by atoms with Crippen LogP contribution in [-0.2, 0) is 9.53 Å². The Balaban J connectivity index is 1.97. The Kier molecular flexibility index (Phi) is 2.74. The van der Waals surface area contributed by atoms with Crippen LogP contribution in [0.2, 0.25) is 0 Å². The summed E-state index contributed by atoms with van der Waals surface area (Å²) in [5.74, 6) is 2.72. The number of amides is 1. The lowest BCUT2D eigenvalue weighted by Crippen LogP contribution is -2.49. The van der Waals surface area contributed by atoms with Gasteiger partial charge >= 0.3 is 0 Å². The van der Waals surface area contributed by atoms with Crippen molar-refractivity contribution in [2.24, 2.45) is 0 Å². The highest BCUT2D eigenvalue weighted by atomic mass is 16.5. The van der Waals surface area contributed by atoms with Crippen molar-refractivity contribution in [3.8, 4) is 12.3 Å². The first-order chi connectivity index (χ1) is 6.83. The van der Waals surface area contributed by atoms with Crippen LogP contribution in [0.1, 0.15) is 25.7 Å². The average molecular weight is 193 g/mol. The fourth-order valence-corrected chi connectivity index (χ4v) is 2.34. The number of hydrogen-bond acceptors (Lipinski definition) is 2. The molecule has 76 valence electrons. The minimum absolute atomic E-state index is 0.207. The molecule has 2 saturated heterocycles. The normalized spacial score (nSPS) is 30.1. The zero-order chi connectivity index (χ0) is 9.97. The Morgan fingerprint density at radius 2 is 2.07 bits per heavy atom.